The first-order valence-electron chi connectivity index (χ1n) is 12.3. The van der Waals surface area contributed by atoms with E-state index in [-0.39, 0.29) is 12.4 Å². The fourth-order valence-electron chi connectivity index (χ4n) is 4.75. The van der Waals surface area contributed by atoms with Crippen molar-refractivity contribution in [2.45, 2.75) is 25.9 Å². The Bertz CT molecular complexity index is 1870. The molecule has 0 radical (unpaired) electrons. The summed E-state index contributed by atoms with van der Waals surface area (Å²) >= 11 is 1.43. The van der Waals surface area contributed by atoms with Crippen molar-refractivity contribution >= 4 is 44.4 Å². The fraction of sp³-hybridized carbons (Fsp3) is 0.207. The van der Waals surface area contributed by atoms with Crippen LogP contribution >= 0.6 is 11.3 Å². The van der Waals surface area contributed by atoms with E-state index in [0.717, 1.165) is 15.8 Å². The summed E-state index contributed by atoms with van der Waals surface area (Å²) in [6.45, 7) is 3.61. The van der Waals surface area contributed by atoms with Crippen LogP contribution in [0, 0.1) is 24.1 Å². The molecule has 1 aliphatic heterocycles. The molecule has 40 heavy (non-hydrogen) atoms. The number of nitriles is 1. The molecular formula is C29H22FN5O4S. The first-order chi connectivity index (χ1) is 19.2. The van der Waals surface area contributed by atoms with Crippen LogP contribution in [0.5, 0.6) is 11.6 Å². The van der Waals surface area contributed by atoms with Gasteiger partial charge in [-0.2, -0.15) is 5.26 Å². The molecule has 200 valence electrons. The molecule has 6 rings (SSSR count). The highest BCUT2D eigenvalue weighted by Gasteiger charge is 2.40. The number of methoxy groups -OCH3 is 1. The Morgan fingerprint density at radius 1 is 1.25 bits per heavy atom. The summed E-state index contributed by atoms with van der Waals surface area (Å²) in [6, 6.07) is 13.8. The van der Waals surface area contributed by atoms with Gasteiger partial charge in [-0.25, -0.2) is 24.1 Å². The standard InChI is InChI=1S/C29H22FN5O4S/c1-15-7-18(24-21(8-15)34-23(37-3)13-32-24)27-35-22-10-20(30)25-19(26(22)40-27)11-29(2,39-25)14-38-28(36)33-17-6-4-5-16(9-17)12-31/h4-10,13H,11,14H2,1-3H3,(H,33,36)/t29-/m1/s1. The quantitative estimate of drug-likeness (QED) is 0.273. The number of hydrogen-bond acceptors (Lipinski definition) is 9. The van der Waals surface area contributed by atoms with Gasteiger partial charge in [-0.15, -0.1) is 11.3 Å². The SMILES string of the molecule is COc1cnc2c(-c3nc4cc(F)c5c(c4s3)C[C@](C)(COC(=O)Nc3cccc(C#N)c3)O5)cc(C)cc2n1. The molecule has 0 saturated heterocycles. The zero-order valence-corrected chi connectivity index (χ0v) is 22.6. The summed E-state index contributed by atoms with van der Waals surface area (Å²) in [7, 11) is 1.54. The van der Waals surface area contributed by atoms with Crippen LogP contribution in [-0.4, -0.2) is 40.4 Å². The van der Waals surface area contributed by atoms with Gasteiger partial charge in [0, 0.05) is 29.3 Å². The maximum absolute atomic E-state index is 15.2. The maximum atomic E-state index is 15.2. The minimum absolute atomic E-state index is 0.113. The van der Waals surface area contributed by atoms with Crippen molar-refractivity contribution in [2.24, 2.45) is 0 Å². The van der Waals surface area contributed by atoms with E-state index in [1.807, 2.05) is 25.1 Å². The van der Waals surface area contributed by atoms with E-state index in [1.54, 1.807) is 31.3 Å². The number of halogens is 1. The van der Waals surface area contributed by atoms with Gasteiger partial charge in [0.2, 0.25) is 5.88 Å². The van der Waals surface area contributed by atoms with E-state index in [2.05, 4.69) is 15.3 Å². The lowest BCUT2D eigenvalue weighted by Gasteiger charge is -2.23. The van der Waals surface area contributed by atoms with E-state index < -0.39 is 17.5 Å². The molecule has 11 heteroatoms. The molecule has 0 fully saturated rings. The highest BCUT2D eigenvalue weighted by atomic mass is 32.1. The van der Waals surface area contributed by atoms with Gasteiger partial charge in [0.1, 0.15) is 17.2 Å². The van der Waals surface area contributed by atoms with Crippen molar-refractivity contribution in [1.29, 1.82) is 5.26 Å². The molecule has 2 aromatic heterocycles. The number of benzene rings is 3. The molecular weight excluding hydrogens is 533 g/mol. The van der Waals surface area contributed by atoms with E-state index in [0.29, 0.717) is 50.7 Å². The van der Waals surface area contributed by atoms with Crippen molar-refractivity contribution in [3.05, 3.63) is 71.2 Å². The third-order valence-electron chi connectivity index (χ3n) is 6.54. The van der Waals surface area contributed by atoms with Crippen LogP contribution in [0.15, 0.2) is 48.7 Å². The number of carbonyl (C=O) groups is 1. The number of rotatable bonds is 5. The van der Waals surface area contributed by atoms with Crippen LogP contribution in [0.1, 0.15) is 23.6 Å². The van der Waals surface area contributed by atoms with Crippen molar-refractivity contribution in [3.8, 4) is 28.3 Å². The first kappa shape index (κ1) is 25.5. The van der Waals surface area contributed by atoms with Crippen molar-refractivity contribution in [2.75, 3.05) is 19.0 Å². The van der Waals surface area contributed by atoms with Gasteiger partial charge in [0.25, 0.3) is 0 Å². The summed E-state index contributed by atoms with van der Waals surface area (Å²) in [5.74, 6) is 0.0188. The molecule has 0 bridgehead atoms. The van der Waals surface area contributed by atoms with Crippen LogP contribution in [0.3, 0.4) is 0 Å². The van der Waals surface area contributed by atoms with Crippen molar-refractivity contribution in [1.82, 2.24) is 15.0 Å². The Labute approximate surface area is 232 Å². The minimum atomic E-state index is -0.981. The van der Waals surface area contributed by atoms with Gasteiger partial charge in [0.15, 0.2) is 11.6 Å². The minimum Gasteiger partial charge on any atom is -0.480 e. The number of hydrogen-bond donors (Lipinski definition) is 1. The van der Waals surface area contributed by atoms with Crippen molar-refractivity contribution < 1.29 is 23.4 Å². The van der Waals surface area contributed by atoms with Crippen molar-refractivity contribution in [3.63, 3.8) is 0 Å². The summed E-state index contributed by atoms with van der Waals surface area (Å²) in [6.07, 6.45) is 1.17. The average Bonchev–Trinajstić information content (AvgIpc) is 3.53. The van der Waals surface area contributed by atoms with Gasteiger partial charge < -0.3 is 14.2 Å². The number of nitrogens with one attached hydrogen (secondary N) is 1. The third-order valence-corrected chi connectivity index (χ3v) is 7.70. The van der Waals surface area contributed by atoms with Gasteiger partial charge in [0.05, 0.1) is 46.2 Å². The number of fused-ring (bicyclic) bond motifs is 4. The fourth-order valence-corrected chi connectivity index (χ4v) is 5.85. The number of ether oxygens (including phenoxy) is 3. The summed E-state index contributed by atoms with van der Waals surface area (Å²) < 4.78 is 32.7. The number of amides is 1. The lowest BCUT2D eigenvalue weighted by molar-refractivity contribution is 0.0315. The second-order valence-corrected chi connectivity index (χ2v) is 10.7. The lowest BCUT2D eigenvalue weighted by Crippen LogP contribution is -2.37. The van der Waals surface area contributed by atoms with Gasteiger partial charge in [-0.3, -0.25) is 5.32 Å². The number of thiazole rings is 1. The van der Waals surface area contributed by atoms with E-state index >= 15 is 4.39 Å². The highest BCUT2D eigenvalue weighted by Crippen LogP contribution is 2.45. The summed E-state index contributed by atoms with van der Waals surface area (Å²) in [5, 5.41) is 12.3. The Kier molecular flexibility index (Phi) is 6.19. The summed E-state index contributed by atoms with van der Waals surface area (Å²) in [4.78, 5) is 26.2. The first-order valence-corrected chi connectivity index (χ1v) is 13.1. The monoisotopic (exact) mass is 555 g/mol. The molecule has 0 spiro atoms. The molecule has 0 aliphatic carbocycles. The molecule has 1 amide bonds. The molecule has 3 heterocycles. The summed E-state index contributed by atoms with van der Waals surface area (Å²) in [5.41, 5.74) is 4.17. The molecule has 5 aromatic rings. The number of aromatic nitrogens is 3. The molecule has 0 saturated carbocycles. The van der Waals surface area contributed by atoms with E-state index in [4.69, 9.17) is 24.5 Å². The van der Waals surface area contributed by atoms with Gasteiger partial charge in [-0.1, -0.05) is 6.07 Å². The maximum Gasteiger partial charge on any atom is 0.411 e. The smallest absolute Gasteiger partial charge is 0.411 e. The Hall–Kier alpha value is -4.82. The molecule has 3 aromatic carbocycles. The van der Waals surface area contributed by atoms with Crippen LogP contribution in [0.2, 0.25) is 0 Å². The van der Waals surface area contributed by atoms with E-state index in [1.165, 1.54) is 30.6 Å². The van der Waals surface area contributed by atoms with Crippen LogP contribution < -0.4 is 14.8 Å². The third kappa shape index (κ3) is 4.63. The molecule has 1 aliphatic rings. The second-order valence-electron chi connectivity index (χ2n) is 9.75. The Morgan fingerprint density at radius 3 is 2.90 bits per heavy atom. The predicted molar refractivity (Wildman–Crippen MR) is 148 cm³/mol. The lowest BCUT2D eigenvalue weighted by atomic mass is 10.00. The van der Waals surface area contributed by atoms with Crippen LogP contribution in [-0.2, 0) is 11.2 Å². The number of carbonyl (C=O) groups excluding carboxylic acids is 1. The van der Waals surface area contributed by atoms with Gasteiger partial charge in [-0.05, 0) is 49.7 Å². The number of nitrogens with zero attached hydrogens (tertiary/aromatic N) is 4. The van der Waals surface area contributed by atoms with E-state index in [9.17, 15) is 4.79 Å². The highest BCUT2D eigenvalue weighted by molar-refractivity contribution is 7.22. The normalized spacial score (nSPS) is 15.9. The number of aryl methyl sites for hydroxylation is 1. The molecule has 0 unspecified atom stereocenters. The predicted octanol–water partition coefficient (Wildman–Crippen LogP) is 6.18. The largest absolute Gasteiger partial charge is 0.480 e. The molecule has 1 atom stereocenters. The number of anilines is 1. The Morgan fingerprint density at radius 2 is 2.10 bits per heavy atom. The zero-order valence-electron chi connectivity index (χ0n) is 21.7. The zero-order chi connectivity index (χ0) is 28.0. The Balaban J connectivity index is 1.27. The second kappa shape index (κ2) is 9.73. The van der Waals surface area contributed by atoms with Gasteiger partial charge >= 0.3 is 6.09 Å². The van der Waals surface area contributed by atoms with Crippen LogP contribution in [0.25, 0.3) is 31.8 Å². The average molecular weight is 556 g/mol. The van der Waals surface area contributed by atoms with Crippen LogP contribution in [0.4, 0.5) is 14.9 Å². The topological polar surface area (TPSA) is 119 Å². The molecule has 9 nitrogen and oxygen atoms in total. The molecule has 1 N–H and O–H groups in total.